The summed E-state index contributed by atoms with van der Waals surface area (Å²) < 4.78 is 8.92. The first-order chi connectivity index (χ1) is 23.8. The third-order valence-electron chi connectivity index (χ3n) is 9.92. The first-order valence-corrected chi connectivity index (χ1v) is 16.3. The molecule has 0 aliphatic rings. The van der Waals surface area contributed by atoms with E-state index in [9.17, 15) is 0 Å². The van der Waals surface area contributed by atoms with E-state index in [0.29, 0.717) is 0 Å². The number of benzene rings is 7. The molecule has 0 fully saturated rings. The van der Waals surface area contributed by atoms with Crippen molar-refractivity contribution in [1.29, 1.82) is 0 Å². The van der Waals surface area contributed by atoms with Crippen LogP contribution in [0.2, 0.25) is 0 Å². The normalized spacial score (nSPS) is 12.2. The molecule has 4 nitrogen and oxygen atoms in total. The molecule has 0 atom stereocenters. The third-order valence-corrected chi connectivity index (χ3v) is 9.92. The number of rotatable bonds is 3. The minimum absolute atomic E-state index is 0.851. The number of furan rings is 1. The summed E-state index contributed by atoms with van der Waals surface area (Å²) in [7, 11) is 0. The molecule has 0 saturated carbocycles. The zero-order chi connectivity index (χ0) is 31.3. The maximum absolute atomic E-state index is 6.54. The Hall–Kier alpha value is -6.52. The second-order valence-electron chi connectivity index (χ2n) is 12.5. The number of fused-ring (bicyclic) bond motifs is 4. The summed E-state index contributed by atoms with van der Waals surface area (Å²) in [6.07, 6.45) is 0. The van der Waals surface area contributed by atoms with E-state index in [4.69, 9.17) is 14.4 Å². The Morgan fingerprint density at radius 3 is 1.71 bits per heavy atom. The van der Waals surface area contributed by atoms with Crippen molar-refractivity contribution < 1.29 is 4.42 Å². The van der Waals surface area contributed by atoms with Gasteiger partial charge in [0, 0.05) is 38.4 Å². The van der Waals surface area contributed by atoms with E-state index in [0.717, 1.165) is 61.4 Å². The Kier molecular flexibility index (Phi) is 5.08. The molecule has 0 spiro atoms. The van der Waals surface area contributed by atoms with Crippen LogP contribution in [0.15, 0.2) is 156 Å². The van der Waals surface area contributed by atoms with Gasteiger partial charge in [-0.15, -0.1) is 0 Å². The quantitative estimate of drug-likeness (QED) is 0.200. The fourth-order valence-electron chi connectivity index (χ4n) is 7.91. The number of hydrogen-bond acceptors (Lipinski definition) is 3. The second kappa shape index (κ2) is 9.50. The minimum atomic E-state index is 0.851. The summed E-state index contributed by atoms with van der Waals surface area (Å²) in [5, 5.41) is 9.66. The molecule has 222 valence electrons. The van der Waals surface area contributed by atoms with E-state index in [1.54, 1.807) is 0 Å². The van der Waals surface area contributed by atoms with Gasteiger partial charge in [-0.3, -0.25) is 0 Å². The van der Waals surface area contributed by atoms with Gasteiger partial charge in [-0.2, -0.15) is 0 Å². The molecule has 0 bridgehead atoms. The van der Waals surface area contributed by atoms with Crippen LogP contribution in [-0.2, 0) is 0 Å². The van der Waals surface area contributed by atoms with Gasteiger partial charge >= 0.3 is 0 Å². The van der Waals surface area contributed by atoms with Crippen LogP contribution in [0.1, 0.15) is 0 Å². The van der Waals surface area contributed by atoms with Crippen molar-refractivity contribution in [2.24, 2.45) is 0 Å². The van der Waals surface area contributed by atoms with Crippen molar-refractivity contribution in [1.82, 2.24) is 14.5 Å². The summed E-state index contributed by atoms with van der Waals surface area (Å²) in [6.45, 7) is 0. The van der Waals surface area contributed by atoms with Crippen LogP contribution in [0.25, 0.3) is 105 Å². The lowest BCUT2D eigenvalue weighted by molar-refractivity contribution is 0.669. The van der Waals surface area contributed by atoms with Gasteiger partial charge in [0.1, 0.15) is 11.2 Å². The first kappa shape index (κ1) is 25.6. The molecule has 0 aliphatic heterocycles. The van der Waals surface area contributed by atoms with Crippen molar-refractivity contribution in [2.45, 2.75) is 0 Å². The van der Waals surface area contributed by atoms with E-state index >= 15 is 0 Å². The predicted molar refractivity (Wildman–Crippen MR) is 198 cm³/mol. The van der Waals surface area contributed by atoms with Crippen molar-refractivity contribution in [3.8, 4) is 28.2 Å². The molecule has 3 aromatic heterocycles. The van der Waals surface area contributed by atoms with Crippen molar-refractivity contribution in [2.75, 3.05) is 0 Å². The Balaban J connectivity index is 1.27. The number of hydrogen-bond donors (Lipinski definition) is 0. The Bertz CT molecular complexity index is 3050. The lowest BCUT2D eigenvalue weighted by Crippen LogP contribution is -1.98. The van der Waals surface area contributed by atoms with Gasteiger partial charge in [0.15, 0.2) is 0 Å². The fraction of sp³-hybridized carbons (Fsp3) is 0. The third kappa shape index (κ3) is 3.43. The summed E-state index contributed by atoms with van der Waals surface area (Å²) in [6, 6.07) is 53.4. The second-order valence-corrected chi connectivity index (χ2v) is 12.5. The average Bonchev–Trinajstić information content (AvgIpc) is 3.70. The molecule has 0 saturated heterocycles. The standard InChI is InChI=1S/C44H25N3O/c1-3-11-26(12-4-1)43-44(27-13-5-2-6-14-27)46-34-25-28(21-22-33(34)45-43)47-35-19-9-17-31-29-15-7-8-16-30(29)32-18-10-20-37-40(32)42-38(48-37)24-23-36(47)41(42)39(31)35/h1-25H. The first-order valence-electron chi connectivity index (χ1n) is 16.3. The van der Waals surface area contributed by atoms with Crippen LogP contribution in [-0.4, -0.2) is 14.5 Å². The van der Waals surface area contributed by atoms with Gasteiger partial charge in [0.25, 0.3) is 0 Å². The Morgan fingerprint density at radius 2 is 0.979 bits per heavy atom. The molecular weight excluding hydrogens is 587 g/mol. The largest absolute Gasteiger partial charge is 0.456 e. The van der Waals surface area contributed by atoms with Crippen LogP contribution >= 0.6 is 0 Å². The Morgan fingerprint density at radius 1 is 0.396 bits per heavy atom. The highest BCUT2D eigenvalue weighted by Crippen LogP contribution is 2.47. The van der Waals surface area contributed by atoms with Gasteiger partial charge in [-0.1, -0.05) is 109 Å². The number of nitrogens with zero attached hydrogens (tertiary/aromatic N) is 3. The van der Waals surface area contributed by atoms with E-state index in [2.05, 4.69) is 132 Å². The Labute approximate surface area is 274 Å². The molecule has 0 aliphatic carbocycles. The molecule has 4 heteroatoms. The van der Waals surface area contributed by atoms with Crippen LogP contribution in [0.5, 0.6) is 0 Å². The SMILES string of the molecule is c1ccc(-c2nc3ccc(-n4c5cccc6c7ccccc7c7cccc8oc9ccc4c(c9c87)c65)cc3nc2-c2ccccc2)cc1. The predicted octanol–water partition coefficient (Wildman–Crippen LogP) is 11.7. The molecule has 11 aromatic rings. The summed E-state index contributed by atoms with van der Waals surface area (Å²) >= 11 is 0. The molecule has 0 radical (unpaired) electrons. The van der Waals surface area contributed by atoms with Crippen molar-refractivity contribution in [3.63, 3.8) is 0 Å². The van der Waals surface area contributed by atoms with Gasteiger partial charge < -0.3 is 8.98 Å². The summed E-state index contributed by atoms with van der Waals surface area (Å²) in [4.78, 5) is 10.5. The van der Waals surface area contributed by atoms with E-state index in [-0.39, 0.29) is 0 Å². The van der Waals surface area contributed by atoms with E-state index in [1.807, 2.05) is 24.3 Å². The van der Waals surface area contributed by atoms with Gasteiger partial charge in [0.2, 0.25) is 0 Å². The fourth-order valence-corrected chi connectivity index (χ4v) is 7.91. The highest BCUT2D eigenvalue weighted by molar-refractivity contribution is 6.38. The summed E-state index contributed by atoms with van der Waals surface area (Å²) in [5.41, 5.74) is 10.7. The summed E-state index contributed by atoms with van der Waals surface area (Å²) in [5.74, 6) is 0. The zero-order valence-corrected chi connectivity index (χ0v) is 25.7. The smallest absolute Gasteiger partial charge is 0.136 e. The van der Waals surface area contributed by atoms with Crippen LogP contribution < -0.4 is 0 Å². The zero-order valence-electron chi connectivity index (χ0n) is 25.7. The monoisotopic (exact) mass is 611 g/mol. The molecule has 48 heavy (non-hydrogen) atoms. The molecular formula is C44H25N3O. The maximum atomic E-state index is 6.54. The van der Waals surface area contributed by atoms with Crippen molar-refractivity contribution >= 4 is 76.3 Å². The van der Waals surface area contributed by atoms with Gasteiger partial charge in [-0.05, 0) is 64.0 Å². The molecule has 0 unspecified atom stereocenters. The lowest BCUT2D eigenvalue weighted by atomic mass is 9.95. The van der Waals surface area contributed by atoms with E-state index in [1.165, 1.54) is 43.1 Å². The maximum Gasteiger partial charge on any atom is 0.136 e. The van der Waals surface area contributed by atoms with Gasteiger partial charge in [-0.25, -0.2) is 9.97 Å². The van der Waals surface area contributed by atoms with E-state index < -0.39 is 0 Å². The van der Waals surface area contributed by atoms with Crippen molar-refractivity contribution in [3.05, 3.63) is 152 Å². The molecule has 0 N–H and O–H groups in total. The lowest BCUT2D eigenvalue weighted by Gasteiger charge is -2.13. The molecule has 11 rings (SSSR count). The van der Waals surface area contributed by atoms with Crippen LogP contribution in [0.3, 0.4) is 0 Å². The minimum Gasteiger partial charge on any atom is -0.456 e. The highest BCUT2D eigenvalue weighted by Gasteiger charge is 2.23. The van der Waals surface area contributed by atoms with Crippen LogP contribution in [0, 0.1) is 0 Å². The van der Waals surface area contributed by atoms with Gasteiger partial charge in [0.05, 0.1) is 33.5 Å². The number of aromatic nitrogens is 3. The van der Waals surface area contributed by atoms with Crippen LogP contribution in [0.4, 0.5) is 0 Å². The highest BCUT2D eigenvalue weighted by atomic mass is 16.3. The average molecular weight is 612 g/mol. The molecule has 8 aromatic carbocycles. The molecule has 0 amide bonds. The topological polar surface area (TPSA) is 43.9 Å². The molecule has 3 heterocycles.